The molecule has 0 bridgehead atoms. The van der Waals surface area contributed by atoms with Gasteiger partial charge in [0.15, 0.2) is 5.78 Å². The Morgan fingerprint density at radius 1 is 1.21 bits per heavy atom. The highest BCUT2D eigenvalue weighted by molar-refractivity contribution is 7.96. The molecule has 0 heterocycles. The highest BCUT2D eigenvalue weighted by Gasteiger charge is 1.99. The van der Waals surface area contributed by atoms with Crippen LogP contribution in [0.1, 0.15) is 13.8 Å². The summed E-state index contributed by atoms with van der Waals surface area (Å²) in [4.78, 5) is 11.4. The SMILES string of the molecule is C\C=C/C=C\C(=C/C)C(=O)/C=C/SO. The van der Waals surface area contributed by atoms with Gasteiger partial charge in [-0.2, -0.15) is 0 Å². The Balaban J connectivity index is 4.43. The normalized spacial score (nSPS) is 13.5. The summed E-state index contributed by atoms with van der Waals surface area (Å²) in [6, 6.07) is 0. The van der Waals surface area contributed by atoms with Crippen LogP contribution in [0.4, 0.5) is 0 Å². The van der Waals surface area contributed by atoms with Gasteiger partial charge in [-0.15, -0.1) is 0 Å². The summed E-state index contributed by atoms with van der Waals surface area (Å²) >= 11 is 0.520. The largest absolute Gasteiger partial charge is 0.326 e. The third-order valence-corrected chi connectivity index (χ3v) is 1.71. The maximum absolute atomic E-state index is 11.4. The Morgan fingerprint density at radius 3 is 2.43 bits per heavy atom. The highest BCUT2D eigenvalue weighted by atomic mass is 32.2. The molecule has 0 unspecified atom stereocenters. The van der Waals surface area contributed by atoms with Gasteiger partial charge < -0.3 is 4.55 Å². The lowest BCUT2D eigenvalue weighted by Gasteiger charge is -1.93. The molecule has 0 aromatic carbocycles. The van der Waals surface area contributed by atoms with Crippen LogP contribution < -0.4 is 0 Å². The van der Waals surface area contributed by atoms with Gasteiger partial charge in [-0.3, -0.25) is 4.79 Å². The van der Waals surface area contributed by atoms with Crippen LogP contribution in [-0.2, 0) is 4.79 Å². The Labute approximate surface area is 88.9 Å². The summed E-state index contributed by atoms with van der Waals surface area (Å²) in [5.41, 5.74) is 0.605. The first-order valence-electron chi connectivity index (χ1n) is 4.23. The molecule has 2 nitrogen and oxygen atoms in total. The van der Waals surface area contributed by atoms with Crippen molar-refractivity contribution in [2.75, 3.05) is 0 Å². The molecule has 0 amide bonds. The van der Waals surface area contributed by atoms with Crippen LogP contribution in [0.15, 0.2) is 47.4 Å². The minimum atomic E-state index is -0.116. The monoisotopic (exact) mass is 210 g/mol. The highest BCUT2D eigenvalue weighted by Crippen LogP contribution is 2.03. The summed E-state index contributed by atoms with van der Waals surface area (Å²) in [5.74, 6) is -0.116. The lowest BCUT2D eigenvalue weighted by molar-refractivity contribution is -0.111. The number of hydrogen-bond acceptors (Lipinski definition) is 3. The second-order valence-electron chi connectivity index (χ2n) is 2.40. The van der Waals surface area contributed by atoms with Crippen molar-refractivity contribution < 1.29 is 9.35 Å². The molecular weight excluding hydrogens is 196 g/mol. The molecule has 0 aromatic heterocycles. The summed E-state index contributed by atoms with van der Waals surface area (Å²) in [5, 5.41) is 1.34. The molecule has 3 heteroatoms. The molecule has 1 N–H and O–H groups in total. The second kappa shape index (κ2) is 8.53. The average Bonchev–Trinajstić information content (AvgIpc) is 2.21. The van der Waals surface area contributed by atoms with E-state index < -0.39 is 0 Å². The van der Waals surface area contributed by atoms with E-state index >= 15 is 0 Å². The molecule has 0 spiro atoms. The fraction of sp³-hybridized carbons (Fsp3) is 0.182. The van der Waals surface area contributed by atoms with E-state index in [0.29, 0.717) is 17.6 Å². The topological polar surface area (TPSA) is 37.3 Å². The van der Waals surface area contributed by atoms with Gasteiger partial charge in [-0.25, -0.2) is 0 Å². The molecule has 14 heavy (non-hydrogen) atoms. The molecule has 76 valence electrons. The van der Waals surface area contributed by atoms with Crippen molar-refractivity contribution in [2.45, 2.75) is 13.8 Å². The van der Waals surface area contributed by atoms with Crippen LogP contribution in [0.5, 0.6) is 0 Å². The van der Waals surface area contributed by atoms with Crippen molar-refractivity contribution in [1.29, 1.82) is 0 Å². The van der Waals surface area contributed by atoms with E-state index in [1.807, 2.05) is 19.1 Å². The molecule has 0 aliphatic heterocycles. The summed E-state index contributed by atoms with van der Waals surface area (Å²) in [7, 11) is 0. The summed E-state index contributed by atoms with van der Waals surface area (Å²) < 4.78 is 8.41. The van der Waals surface area contributed by atoms with Crippen molar-refractivity contribution >= 4 is 17.8 Å². The lowest BCUT2D eigenvalue weighted by atomic mass is 10.1. The summed E-state index contributed by atoms with van der Waals surface area (Å²) in [6.45, 7) is 3.71. The standard InChI is InChI=1S/C11H14O2S/c1-3-5-6-7-10(4-2)11(12)8-9-14-13/h3-9,13H,1-2H3/b5-3-,7-6-,9-8+,10-4+. The first-order valence-corrected chi connectivity index (χ1v) is 5.06. The molecule has 0 saturated heterocycles. The van der Waals surface area contributed by atoms with Crippen LogP contribution in [-0.4, -0.2) is 10.3 Å². The maximum Gasteiger partial charge on any atom is 0.186 e. The van der Waals surface area contributed by atoms with Gasteiger partial charge in [0.05, 0.1) is 0 Å². The van der Waals surface area contributed by atoms with E-state index in [0.717, 1.165) is 0 Å². The Bertz CT molecular complexity index is 286. The van der Waals surface area contributed by atoms with E-state index in [4.69, 9.17) is 4.55 Å². The molecule has 0 fully saturated rings. The van der Waals surface area contributed by atoms with E-state index in [9.17, 15) is 4.79 Å². The van der Waals surface area contributed by atoms with E-state index in [1.54, 1.807) is 25.2 Å². The quantitative estimate of drug-likeness (QED) is 0.429. The second-order valence-corrected chi connectivity index (χ2v) is 2.88. The molecule has 0 radical (unpaired) electrons. The Kier molecular flexibility index (Phi) is 7.89. The molecule has 0 aliphatic rings. The van der Waals surface area contributed by atoms with Crippen LogP contribution in [0, 0.1) is 0 Å². The van der Waals surface area contributed by atoms with Crippen LogP contribution in [0.2, 0.25) is 0 Å². The fourth-order valence-corrected chi connectivity index (χ4v) is 0.964. The van der Waals surface area contributed by atoms with E-state index in [1.165, 1.54) is 11.5 Å². The van der Waals surface area contributed by atoms with Crippen molar-refractivity contribution in [3.8, 4) is 0 Å². The van der Waals surface area contributed by atoms with Gasteiger partial charge >= 0.3 is 0 Å². The number of rotatable bonds is 5. The van der Waals surface area contributed by atoms with Gasteiger partial charge in [-0.1, -0.05) is 30.4 Å². The fourth-order valence-electron chi connectivity index (χ4n) is 0.779. The van der Waals surface area contributed by atoms with Gasteiger partial charge in [0.2, 0.25) is 0 Å². The summed E-state index contributed by atoms with van der Waals surface area (Å²) in [6.07, 6.45) is 10.3. The number of carbonyl (C=O) groups excluding carboxylic acids is 1. The first-order chi connectivity index (χ1) is 6.76. The lowest BCUT2D eigenvalue weighted by Crippen LogP contribution is -1.94. The first kappa shape index (κ1) is 12.9. The molecule has 0 aromatic rings. The smallest absolute Gasteiger partial charge is 0.186 e. The number of ketones is 1. The Morgan fingerprint density at radius 2 is 1.93 bits per heavy atom. The minimum Gasteiger partial charge on any atom is -0.326 e. The zero-order valence-corrected chi connectivity index (χ0v) is 9.12. The van der Waals surface area contributed by atoms with Crippen LogP contribution >= 0.6 is 12.0 Å². The van der Waals surface area contributed by atoms with Crippen molar-refractivity contribution in [1.82, 2.24) is 0 Å². The van der Waals surface area contributed by atoms with Crippen molar-refractivity contribution in [3.63, 3.8) is 0 Å². The average molecular weight is 210 g/mol. The van der Waals surface area contributed by atoms with Gasteiger partial charge in [-0.05, 0) is 19.9 Å². The number of allylic oxidation sites excluding steroid dienone is 7. The van der Waals surface area contributed by atoms with E-state index in [2.05, 4.69) is 0 Å². The maximum atomic E-state index is 11.4. The molecular formula is C11H14O2S. The predicted octanol–water partition coefficient (Wildman–Crippen LogP) is 3.35. The number of carbonyl (C=O) groups is 1. The predicted molar refractivity (Wildman–Crippen MR) is 62.1 cm³/mol. The van der Waals surface area contributed by atoms with Gasteiger partial charge in [0.25, 0.3) is 0 Å². The molecule has 0 rings (SSSR count). The van der Waals surface area contributed by atoms with Gasteiger partial charge in [0.1, 0.15) is 0 Å². The molecule has 0 saturated carbocycles. The zero-order chi connectivity index (χ0) is 10.8. The third kappa shape index (κ3) is 5.56. The third-order valence-electron chi connectivity index (χ3n) is 1.46. The minimum absolute atomic E-state index is 0.116. The molecule has 0 aliphatic carbocycles. The van der Waals surface area contributed by atoms with Crippen LogP contribution in [0.3, 0.4) is 0 Å². The molecule has 0 atom stereocenters. The Hall–Kier alpha value is -1.06. The van der Waals surface area contributed by atoms with Crippen molar-refractivity contribution in [3.05, 3.63) is 47.4 Å². The number of hydrogen-bond donors (Lipinski definition) is 1. The van der Waals surface area contributed by atoms with E-state index in [-0.39, 0.29) is 5.78 Å². The zero-order valence-electron chi connectivity index (χ0n) is 8.31. The van der Waals surface area contributed by atoms with Crippen molar-refractivity contribution in [2.24, 2.45) is 0 Å². The van der Waals surface area contributed by atoms with Gasteiger partial charge in [0, 0.05) is 23.0 Å². The van der Waals surface area contributed by atoms with Crippen LogP contribution in [0.25, 0.3) is 0 Å².